The van der Waals surface area contributed by atoms with Gasteiger partial charge in [-0.25, -0.2) is 13.1 Å². The number of halogens is 2. The summed E-state index contributed by atoms with van der Waals surface area (Å²) in [4.78, 5) is 0.299. The summed E-state index contributed by atoms with van der Waals surface area (Å²) < 4.78 is 28.0. The van der Waals surface area contributed by atoms with Crippen LogP contribution in [0.3, 0.4) is 0 Å². The van der Waals surface area contributed by atoms with E-state index in [2.05, 4.69) is 20.7 Å². The van der Waals surface area contributed by atoms with Crippen molar-refractivity contribution >= 4 is 37.6 Å². The van der Waals surface area contributed by atoms with E-state index < -0.39 is 10.0 Å². The van der Waals surface area contributed by atoms with Gasteiger partial charge in [0.2, 0.25) is 10.0 Å². The molecular formula is C15H15BrClNO2S. The highest BCUT2D eigenvalue weighted by Gasteiger charge is 2.16. The molecular weight excluding hydrogens is 374 g/mol. The third kappa shape index (κ3) is 4.54. The topological polar surface area (TPSA) is 46.2 Å². The van der Waals surface area contributed by atoms with Gasteiger partial charge in [0, 0.05) is 16.0 Å². The zero-order chi connectivity index (χ0) is 15.5. The predicted octanol–water partition coefficient (Wildman–Crippen LogP) is 3.93. The quantitative estimate of drug-likeness (QED) is 0.843. The number of aryl methyl sites for hydroxylation is 1. The van der Waals surface area contributed by atoms with Crippen LogP contribution in [0.4, 0.5) is 0 Å². The molecule has 0 atom stereocenters. The summed E-state index contributed by atoms with van der Waals surface area (Å²) >= 11 is 9.11. The van der Waals surface area contributed by atoms with E-state index in [0.29, 0.717) is 22.9 Å². The number of hydrogen-bond donors (Lipinski definition) is 1. The molecule has 0 amide bonds. The fraction of sp³-hybridized carbons (Fsp3) is 0.200. The molecule has 21 heavy (non-hydrogen) atoms. The Morgan fingerprint density at radius 3 is 2.48 bits per heavy atom. The lowest BCUT2D eigenvalue weighted by atomic mass is 10.2. The van der Waals surface area contributed by atoms with Crippen LogP contribution < -0.4 is 4.72 Å². The molecule has 2 aromatic carbocycles. The number of hydrogen-bond acceptors (Lipinski definition) is 2. The summed E-state index contributed by atoms with van der Waals surface area (Å²) in [6, 6.07) is 12.6. The Kier molecular flexibility index (Phi) is 5.43. The first kappa shape index (κ1) is 16.5. The van der Waals surface area contributed by atoms with Crippen LogP contribution in [0.1, 0.15) is 11.1 Å². The summed E-state index contributed by atoms with van der Waals surface area (Å²) in [6.45, 7) is 2.12. The molecule has 0 saturated heterocycles. The molecule has 0 saturated carbocycles. The van der Waals surface area contributed by atoms with Gasteiger partial charge in [0.15, 0.2) is 0 Å². The number of sulfonamides is 1. The van der Waals surface area contributed by atoms with E-state index in [9.17, 15) is 8.42 Å². The van der Waals surface area contributed by atoms with Crippen molar-refractivity contribution in [3.05, 3.63) is 63.1 Å². The molecule has 0 heterocycles. The lowest BCUT2D eigenvalue weighted by Gasteiger charge is -2.10. The van der Waals surface area contributed by atoms with E-state index in [1.807, 2.05) is 18.2 Å². The molecule has 0 radical (unpaired) electrons. The fourth-order valence-electron chi connectivity index (χ4n) is 1.92. The van der Waals surface area contributed by atoms with Crippen molar-refractivity contribution < 1.29 is 8.42 Å². The summed E-state index contributed by atoms with van der Waals surface area (Å²) in [6.07, 6.45) is 0.615. The van der Waals surface area contributed by atoms with E-state index in [1.54, 1.807) is 31.2 Å². The lowest BCUT2D eigenvalue weighted by Crippen LogP contribution is -2.26. The molecule has 1 N–H and O–H groups in total. The minimum Gasteiger partial charge on any atom is -0.211 e. The molecule has 0 aliphatic rings. The van der Waals surface area contributed by atoms with Gasteiger partial charge in [0.1, 0.15) is 0 Å². The summed E-state index contributed by atoms with van der Waals surface area (Å²) in [5.74, 6) is 0. The second-order valence-electron chi connectivity index (χ2n) is 4.68. The molecule has 2 rings (SSSR count). The molecule has 0 aliphatic carbocycles. The normalized spacial score (nSPS) is 11.6. The van der Waals surface area contributed by atoms with Crippen LogP contribution in [-0.4, -0.2) is 15.0 Å². The van der Waals surface area contributed by atoms with Gasteiger partial charge in [-0.05, 0) is 48.7 Å². The second-order valence-corrected chi connectivity index (χ2v) is 7.77. The lowest BCUT2D eigenvalue weighted by molar-refractivity contribution is 0.581. The van der Waals surface area contributed by atoms with Crippen molar-refractivity contribution in [2.75, 3.05) is 6.54 Å². The van der Waals surface area contributed by atoms with E-state index in [1.165, 1.54) is 0 Å². The van der Waals surface area contributed by atoms with Gasteiger partial charge >= 0.3 is 0 Å². The maximum Gasteiger partial charge on any atom is 0.240 e. The third-order valence-corrected chi connectivity index (χ3v) is 5.41. The molecule has 6 heteroatoms. The van der Waals surface area contributed by atoms with Gasteiger partial charge in [0.25, 0.3) is 0 Å². The van der Waals surface area contributed by atoms with Gasteiger partial charge in [-0.15, -0.1) is 0 Å². The van der Waals surface area contributed by atoms with Gasteiger partial charge in [-0.2, -0.15) is 0 Å². The van der Waals surface area contributed by atoms with E-state index >= 15 is 0 Å². The number of nitrogens with one attached hydrogen (secondary N) is 1. The monoisotopic (exact) mass is 387 g/mol. The largest absolute Gasteiger partial charge is 0.240 e. The minimum atomic E-state index is -3.50. The predicted molar refractivity (Wildman–Crippen MR) is 89.2 cm³/mol. The Hall–Kier alpha value is -0.880. The van der Waals surface area contributed by atoms with Crippen LogP contribution in [-0.2, 0) is 16.4 Å². The summed E-state index contributed by atoms with van der Waals surface area (Å²) in [7, 11) is -3.50. The molecule has 112 valence electrons. The Morgan fingerprint density at radius 1 is 1.14 bits per heavy atom. The van der Waals surface area contributed by atoms with Crippen molar-refractivity contribution in [3.8, 4) is 0 Å². The van der Waals surface area contributed by atoms with Crippen molar-refractivity contribution in [2.24, 2.45) is 0 Å². The van der Waals surface area contributed by atoms with Crippen LogP contribution in [0.15, 0.2) is 51.8 Å². The van der Waals surface area contributed by atoms with E-state index in [-0.39, 0.29) is 0 Å². The van der Waals surface area contributed by atoms with Crippen molar-refractivity contribution in [1.82, 2.24) is 4.72 Å². The first-order chi connectivity index (χ1) is 9.88. The van der Waals surface area contributed by atoms with Crippen molar-refractivity contribution in [1.29, 1.82) is 0 Å². The minimum absolute atomic E-state index is 0.299. The van der Waals surface area contributed by atoms with Crippen LogP contribution in [0, 0.1) is 6.92 Å². The standard InChI is InChI=1S/C15H15BrClNO2S/c1-11-2-5-13(16)10-15(11)21(19,20)18-9-8-12-3-6-14(17)7-4-12/h2-7,10,18H,8-9H2,1H3. The smallest absolute Gasteiger partial charge is 0.211 e. The van der Waals surface area contributed by atoms with Gasteiger partial charge in [-0.1, -0.05) is 45.7 Å². The third-order valence-electron chi connectivity index (χ3n) is 3.06. The second kappa shape index (κ2) is 6.92. The highest BCUT2D eigenvalue weighted by molar-refractivity contribution is 9.10. The van der Waals surface area contributed by atoms with E-state index in [4.69, 9.17) is 11.6 Å². The maximum absolute atomic E-state index is 12.3. The fourth-order valence-corrected chi connectivity index (χ4v) is 3.86. The van der Waals surface area contributed by atoms with Crippen LogP contribution in [0.25, 0.3) is 0 Å². The van der Waals surface area contributed by atoms with Gasteiger partial charge in [0.05, 0.1) is 4.90 Å². The molecule has 0 aromatic heterocycles. The molecule has 0 unspecified atom stereocenters. The first-order valence-electron chi connectivity index (χ1n) is 6.39. The molecule has 0 fully saturated rings. The summed E-state index contributed by atoms with van der Waals surface area (Å²) in [5.41, 5.74) is 1.75. The number of rotatable bonds is 5. The van der Waals surface area contributed by atoms with Gasteiger partial charge in [-0.3, -0.25) is 0 Å². The highest BCUT2D eigenvalue weighted by Crippen LogP contribution is 2.20. The van der Waals surface area contributed by atoms with Crippen LogP contribution >= 0.6 is 27.5 Å². The Labute approximate surface area is 138 Å². The van der Waals surface area contributed by atoms with E-state index in [0.717, 1.165) is 15.6 Å². The highest BCUT2D eigenvalue weighted by atomic mass is 79.9. The van der Waals surface area contributed by atoms with Crippen molar-refractivity contribution in [2.45, 2.75) is 18.2 Å². The average Bonchev–Trinajstić information content (AvgIpc) is 2.43. The van der Waals surface area contributed by atoms with Gasteiger partial charge < -0.3 is 0 Å². The van der Waals surface area contributed by atoms with Crippen molar-refractivity contribution in [3.63, 3.8) is 0 Å². The zero-order valence-electron chi connectivity index (χ0n) is 11.4. The average molecular weight is 389 g/mol. The summed E-state index contributed by atoms with van der Waals surface area (Å²) in [5, 5.41) is 0.670. The Bertz CT molecular complexity index is 730. The maximum atomic E-state index is 12.3. The molecule has 2 aromatic rings. The first-order valence-corrected chi connectivity index (χ1v) is 9.04. The molecule has 3 nitrogen and oxygen atoms in total. The molecule has 0 aliphatic heterocycles. The molecule has 0 spiro atoms. The van der Waals surface area contributed by atoms with Crippen LogP contribution in [0.5, 0.6) is 0 Å². The molecule has 0 bridgehead atoms. The Morgan fingerprint density at radius 2 is 1.81 bits per heavy atom. The van der Waals surface area contributed by atoms with Crippen LogP contribution in [0.2, 0.25) is 5.02 Å². The number of benzene rings is 2. The SMILES string of the molecule is Cc1ccc(Br)cc1S(=O)(=O)NCCc1ccc(Cl)cc1. The zero-order valence-corrected chi connectivity index (χ0v) is 14.6. The Balaban J connectivity index is 2.04.